The molecule has 1 aliphatic heterocycles. The van der Waals surface area contributed by atoms with Gasteiger partial charge in [-0.05, 0) is 19.8 Å². The molecule has 2 aliphatic rings. The number of amides is 3. The maximum atomic E-state index is 12.0. The molecule has 2 rings (SSSR count). The van der Waals surface area contributed by atoms with Crippen molar-refractivity contribution in [1.82, 2.24) is 10.2 Å². The third-order valence-corrected chi connectivity index (χ3v) is 3.34. The van der Waals surface area contributed by atoms with E-state index in [1.807, 2.05) is 0 Å². The van der Waals surface area contributed by atoms with Crippen LogP contribution in [0.25, 0.3) is 0 Å². The smallest absolute Gasteiger partial charge is 0.424 e. The van der Waals surface area contributed by atoms with Gasteiger partial charge in [0.15, 0.2) is 0 Å². The van der Waals surface area contributed by atoms with Crippen LogP contribution in [0.4, 0.5) is 4.79 Å². The summed E-state index contributed by atoms with van der Waals surface area (Å²) in [4.78, 5) is 35.7. The normalized spacial score (nSPS) is 20.5. The summed E-state index contributed by atoms with van der Waals surface area (Å²) in [5.41, 5.74) is 0.199. The Balaban J connectivity index is 1.99. The number of ether oxygens (including phenoxy) is 1. The Labute approximate surface area is 111 Å². The van der Waals surface area contributed by atoms with Crippen LogP contribution in [0.15, 0.2) is 11.8 Å². The van der Waals surface area contributed by atoms with Gasteiger partial charge in [-0.2, -0.15) is 4.90 Å². The lowest BCUT2D eigenvalue weighted by molar-refractivity contribution is -0.135. The van der Waals surface area contributed by atoms with Crippen molar-refractivity contribution in [3.8, 4) is 0 Å². The minimum Gasteiger partial charge on any atom is -0.449 e. The Kier molecular flexibility index (Phi) is 4.19. The number of carbonyl (C=O) groups is 3. The van der Waals surface area contributed by atoms with E-state index in [0.29, 0.717) is 4.90 Å². The first-order valence-corrected chi connectivity index (χ1v) is 6.67. The lowest BCUT2D eigenvalue weighted by atomic mass is 9.95. The summed E-state index contributed by atoms with van der Waals surface area (Å²) in [7, 11) is 0. The molecule has 1 N–H and O–H groups in total. The zero-order chi connectivity index (χ0) is 13.8. The lowest BCUT2D eigenvalue weighted by Gasteiger charge is -2.24. The second-order valence-corrected chi connectivity index (χ2v) is 4.72. The number of nitrogens with one attached hydrogen (secondary N) is 1. The van der Waals surface area contributed by atoms with Gasteiger partial charge in [-0.15, -0.1) is 0 Å². The Morgan fingerprint density at radius 3 is 2.68 bits per heavy atom. The van der Waals surface area contributed by atoms with Gasteiger partial charge in [-0.3, -0.25) is 9.59 Å². The van der Waals surface area contributed by atoms with Crippen LogP contribution in [0, 0.1) is 0 Å². The highest BCUT2D eigenvalue weighted by Crippen LogP contribution is 2.20. The van der Waals surface area contributed by atoms with E-state index in [1.165, 1.54) is 12.5 Å². The van der Waals surface area contributed by atoms with E-state index >= 15 is 0 Å². The van der Waals surface area contributed by atoms with Crippen molar-refractivity contribution in [3.63, 3.8) is 0 Å². The third kappa shape index (κ3) is 2.94. The molecule has 19 heavy (non-hydrogen) atoms. The van der Waals surface area contributed by atoms with Crippen LogP contribution in [0.3, 0.4) is 0 Å². The molecular weight excluding hydrogens is 248 g/mol. The summed E-state index contributed by atoms with van der Waals surface area (Å²) in [6.45, 7) is 1.75. The highest BCUT2D eigenvalue weighted by molar-refractivity contribution is 6.23. The first kappa shape index (κ1) is 13.6. The van der Waals surface area contributed by atoms with Gasteiger partial charge in [-0.1, -0.05) is 19.3 Å². The quantitative estimate of drug-likeness (QED) is 0.780. The Bertz CT molecular complexity index is 424. The number of rotatable bonds is 3. The number of hydrogen-bond acceptors (Lipinski definition) is 5. The van der Waals surface area contributed by atoms with Gasteiger partial charge in [-0.25, -0.2) is 4.79 Å². The zero-order valence-electron chi connectivity index (χ0n) is 11.0. The van der Waals surface area contributed by atoms with Crippen LogP contribution in [0.1, 0.15) is 39.0 Å². The monoisotopic (exact) mass is 266 g/mol. The first-order valence-electron chi connectivity index (χ1n) is 6.67. The highest BCUT2D eigenvalue weighted by atomic mass is 16.6. The van der Waals surface area contributed by atoms with Crippen molar-refractivity contribution in [2.45, 2.75) is 45.1 Å². The molecule has 3 amide bonds. The van der Waals surface area contributed by atoms with Crippen molar-refractivity contribution in [2.24, 2.45) is 0 Å². The van der Waals surface area contributed by atoms with Gasteiger partial charge in [0.2, 0.25) is 0 Å². The van der Waals surface area contributed by atoms with Crippen molar-refractivity contribution in [2.75, 3.05) is 6.61 Å². The summed E-state index contributed by atoms with van der Waals surface area (Å²) >= 11 is 0. The van der Waals surface area contributed by atoms with Gasteiger partial charge in [0.1, 0.15) is 5.70 Å². The zero-order valence-corrected chi connectivity index (χ0v) is 11.0. The van der Waals surface area contributed by atoms with Crippen molar-refractivity contribution in [1.29, 1.82) is 0 Å². The number of hydrogen-bond donors (Lipinski definition) is 1. The van der Waals surface area contributed by atoms with Crippen LogP contribution in [-0.2, 0) is 14.3 Å². The molecule has 0 atom stereocenters. The van der Waals surface area contributed by atoms with Crippen molar-refractivity contribution in [3.05, 3.63) is 11.8 Å². The number of nitrogens with zero attached hydrogens (tertiary/aromatic N) is 1. The lowest BCUT2D eigenvalue weighted by Crippen LogP contribution is -2.41. The molecule has 1 saturated carbocycles. The summed E-state index contributed by atoms with van der Waals surface area (Å²) in [5.74, 6) is -1.25. The maximum absolute atomic E-state index is 12.0. The second-order valence-electron chi connectivity index (χ2n) is 4.72. The van der Waals surface area contributed by atoms with E-state index in [9.17, 15) is 14.4 Å². The Morgan fingerprint density at radius 1 is 1.37 bits per heavy atom. The van der Waals surface area contributed by atoms with Crippen LogP contribution in [0.2, 0.25) is 0 Å². The maximum Gasteiger partial charge on any atom is 0.424 e. The van der Waals surface area contributed by atoms with Gasteiger partial charge in [0, 0.05) is 12.1 Å². The predicted molar refractivity (Wildman–Crippen MR) is 67.0 cm³/mol. The molecule has 104 valence electrons. The van der Waals surface area contributed by atoms with E-state index in [4.69, 9.17) is 0 Å². The minimum absolute atomic E-state index is 0.126. The molecule has 0 radical (unpaired) electrons. The van der Waals surface area contributed by atoms with E-state index in [2.05, 4.69) is 10.1 Å². The largest absolute Gasteiger partial charge is 0.449 e. The molecule has 0 saturated heterocycles. The molecule has 0 aromatic carbocycles. The molecule has 0 aromatic heterocycles. The fourth-order valence-corrected chi connectivity index (χ4v) is 2.40. The third-order valence-electron chi connectivity index (χ3n) is 3.34. The standard InChI is InChI=1S/C13H18N2O4/c1-2-19-13(18)15-11(16)8-10(12(15)17)14-9-6-4-3-5-7-9/h8-9,14H,2-7H2,1H3. The molecule has 0 spiro atoms. The fourth-order valence-electron chi connectivity index (χ4n) is 2.40. The summed E-state index contributed by atoms with van der Waals surface area (Å²) in [5, 5.41) is 3.07. The van der Waals surface area contributed by atoms with Crippen LogP contribution in [-0.4, -0.2) is 35.5 Å². The predicted octanol–water partition coefficient (Wildman–Crippen LogP) is 1.32. The van der Waals surface area contributed by atoms with E-state index in [1.54, 1.807) is 6.92 Å². The highest BCUT2D eigenvalue weighted by Gasteiger charge is 2.38. The van der Waals surface area contributed by atoms with E-state index in [-0.39, 0.29) is 18.3 Å². The SMILES string of the molecule is CCOC(=O)N1C(=O)C=C(NC2CCCCC2)C1=O. The molecule has 6 heteroatoms. The summed E-state index contributed by atoms with van der Waals surface area (Å²) in [6, 6.07) is 0.207. The Hall–Kier alpha value is -1.85. The van der Waals surface area contributed by atoms with Crippen LogP contribution in [0.5, 0.6) is 0 Å². The average molecular weight is 266 g/mol. The van der Waals surface area contributed by atoms with E-state index < -0.39 is 17.9 Å². The summed E-state index contributed by atoms with van der Waals surface area (Å²) < 4.78 is 4.69. The topological polar surface area (TPSA) is 75.7 Å². The fraction of sp³-hybridized carbons (Fsp3) is 0.615. The summed E-state index contributed by atoms with van der Waals surface area (Å²) in [6.07, 6.45) is 5.68. The molecular formula is C13H18N2O4. The molecule has 1 fully saturated rings. The molecule has 0 aromatic rings. The molecule has 1 heterocycles. The molecule has 0 unspecified atom stereocenters. The minimum atomic E-state index is -0.908. The number of imide groups is 3. The first-order chi connectivity index (χ1) is 9.13. The van der Waals surface area contributed by atoms with Gasteiger partial charge in [0.05, 0.1) is 6.61 Å². The molecule has 0 bridgehead atoms. The average Bonchev–Trinajstić information content (AvgIpc) is 2.66. The second kappa shape index (κ2) is 5.86. The van der Waals surface area contributed by atoms with E-state index in [0.717, 1.165) is 25.7 Å². The van der Waals surface area contributed by atoms with Gasteiger partial charge in [0.25, 0.3) is 11.8 Å². The van der Waals surface area contributed by atoms with Crippen LogP contribution >= 0.6 is 0 Å². The molecule has 1 aliphatic carbocycles. The van der Waals surface area contributed by atoms with Crippen LogP contribution < -0.4 is 5.32 Å². The molecule has 6 nitrogen and oxygen atoms in total. The Morgan fingerprint density at radius 2 is 2.05 bits per heavy atom. The van der Waals surface area contributed by atoms with Crippen molar-refractivity contribution >= 4 is 17.9 Å². The van der Waals surface area contributed by atoms with Gasteiger partial charge >= 0.3 is 6.09 Å². The van der Waals surface area contributed by atoms with Crippen molar-refractivity contribution < 1.29 is 19.1 Å². The number of carbonyl (C=O) groups excluding carboxylic acids is 3. The van der Waals surface area contributed by atoms with Gasteiger partial charge < -0.3 is 10.1 Å².